The Hall–Kier alpha value is -3.54. The number of rotatable bonds is 9. The van der Waals surface area contributed by atoms with Gasteiger partial charge in [0, 0.05) is 54.8 Å². The van der Waals surface area contributed by atoms with Crippen molar-refractivity contribution in [3.05, 3.63) is 65.0 Å². The summed E-state index contributed by atoms with van der Waals surface area (Å²) in [6, 6.07) is 15.4. The second-order valence-corrected chi connectivity index (χ2v) is 12.7. The molecule has 1 saturated heterocycles. The molecule has 3 aromatic rings. The molecule has 0 spiro atoms. The Balaban J connectivity index is 1.34. The monoisotopic (exact) mass is 585 g/mol. The zero-order valence-electron chi connectivity index (χ0n) is 24.9. The third-order valence-corrected chi connectivity index (χ3v) is 9.12. The first-order chi connectivity index (χ1) is 20.4. The van der Waals surface area contributed by atoms with Crippen LogP contribution < -0.4 is 14.5 Å². The minimum atomic E-state index is 0.114. The number of anilines is 2. The number of aromatic nitrogens is 2. The first-order valence-electron chi connectivity index (χ1n) is 15.0. The molecule has 8 nitrogen and oxygen atoms in total. The highest BCUT2D eigenvalue weighted by atomic mass is 35.5. The molecule has 2 aromatic carbocycles. The molecule has 3 aliphatic rings. The Morgan fingerprint density at radius 3 is 2.67 bits per heavy atom. The van der Waals surface area contributed by atoms with Crippen molar-refractivity contribution in [3.63, 3.8) is 0 Å². The molecule has 1 saturated carbocycles. The first kappa shape index (κ1) is 28.6. The largest absolute Gasteiger partial charge is 0.463 e. The van der Waals surface area contributed by atoms with Crippen molar-refractivity contribution in [2.24, 2.45) is 5.41 Å². The van der Waals surface area contributed by atoms with Gasteiger partial charge in [0.25, 0.3) is 0 Å². The summed E-state index contributed by atoms with van der Waals surface area (Å²) in [4.78, 5) is 19.4. The van der Waals surface area contributed by atoms with Crippen LogP contribution in [0.4, 0.5) is 11.5 Å². The van der Waals surface area contributed by atoms with E-state index in [-0.39, 0.29) is 11.5 Å². The Morgan fingerprint density at radius 1 is 1.12 bits per heavy atom. The Bertz CT molecular complexity index is 1510. The highest BCUT2D eigenvalue weighted by Gasteiger charge is 2.44. The molecule has 1 atom stereocenters. The smallest absolute Gasteiger partial charge is 0.318 e. The van der Waals surface area contributed by atoms with Crippen molar-refractivity contribution in [2.45, 2.75) is 45.2 Å². The van der Waals surface area contributed by atoms with E-state index in [2.05, 4.69) is 70.2 Å². The molecule has 1 unspecified atom stereocenters. The molecule has 42 heavy (non-hydrogen) atoms. The van der Waals surface area contributed by atoms with Crippen LogP contribution in [0, 0.1) is 16.7 Å². The summed E-state index contributed by atoms with van der Waals surface area (Å²) in [5, 5.41) is 12.5. The third-order valence-electron chi connectivity index (χ3n) is 8.81. The van der Waals surface area contributed by atoms with Crippen LogP contribution in [0.3, 0.4) is 0 Å². The highest BCUT2D eigenvalue weighted by Crippen LogP contribution is 2.46. The second-order valence-electron chi connectivity index (χ2n) is 12.3. The van der Waals surface area contributed by atoms with Crippen LogP contribution in [0.5, 0.6) is 6.01 Å². The molecule has 0 bridgehead atoms. The van der Waals surface area contributed by atoms with E-state index in [0.29, 0.717) is 25.6 Å². The van der Waals surface area contributed by atoms with Gasteiger partial charge in [0.1, 0.15) is 5.82 Å². The average molecular weight is 586 g/mol. The van der Waals surface area contributed by atoms with Crippen LogP contribution in [0.1, 0.15) is 37.4 Å². The van der Waals surface area contributed by atoms with Crippen LogP contribution in [-0.2, 0) is 13.0 Å². The van der Waals surface area contributed by atoms with E-state index < -0.39 is 0 Å². The molecular formula is C33H40ClN7O. The molecule has 0 amide bonds. The lowest BCUT2D eigenvalue weighted by Gasteiger charge is -2.42. The number of hydrogen-bond donors (Lipinski definition) is 0. The standard InChI is InChI=1S/C33H40ClN7O/c1-4-16-39-18-19-41(20-25(39)11-15-35)31-26-12-17-40(29-10-6-8-24-7-5-9-27(34)30(24)29)21-28(26)36-32(37-31)42-23-33(13-14-33)22-38(2)3/h4-10,16,25H,11-14,17-23H2,1-3H3. The molecule has 3 heterocycles. The first-order valence-corrected chi connectivity index (χ1v) is 15.4. The fraction of sp³-hybridized carbons (Fsp3) is 0.485. The third kappa shape index (κ3) is 5.86. The van der Waals surface area contributed by atoms with E-state index in [1.807, 2.05) is 25.1 Å². The number of ether oxygens (including phenoxy) is 1. The summed E-state index contributed by atoms with van der Waals surface area (Å²) >= 11 is 6.72. The lowest BCUT2D eigenvalue weighted by Crippen LogP contribution is -2.51. The number of hydrogen-bond acceptors (Lipinski definition) is 8. The molecule has 220 valence electrons. The van der Waals surface area contributed by atoms with Gasteiger partial charge in [-0.2, -0.15) is 15.2 Å². The van der Waals surface area contributed by atoms with Gasteiger partial charge in [0.2, 0.25) is 0 Å². The molecule has 6 rings (SSSR count). The minimum absolute atomic E-state index is 0.114. The topological polar surface area (TPSA) is 71.8 Å². The molecule has 1 aliphatic carbocycles. The zero-order valence-corrected chi connectivity index (χ0v) is 25.6. The van der Waals surface area contributed by atoms with Gasteiger partial charge in [-0.05, 0) is 64.0 Å². The maximum Gasteiger partial charge on any atom is 0.318 e. The molecule has 2 fully saturated rings. The number of benzene rings is 2. The van der Waals surface area contributed by atoms with Crippen LogP contribution in [0.25, 0.3) is 10.8 Å². The Labute approximate surface area is 254 Å². The van der Waals surface area contributed by atoms with Gasteiger partial charge in [-0.3, -0.25) is 0 Å². The van der Waals surface area contributed by atoms with Gasteiger partial charge in [0.15, 0.2) is 0 Å². The van der Waals surface area contributed by atoms with Crippen molar-refractivity contribution in [1.82, 2.24) is 19.8 Å². The lowest BCUT2D eigenvalue weighted by atomic mass is 10.0. The summed E-state index contributed by atoms with van der Waals surface area (Å²) in [7, 11) is 4.24. The van der Waals surface area contributed by atoms with Gasteiger partial charge in [-0.25, -0.2) is 0 Å². The predicted molar refractivity (Wildman–Crippen MR) is 169 cm³/mol. The Kier molecular flexibility index (Phi) is 8.15. The maximum atomic E-state index is 9.56. The van der Waals surface area contributed by atoms with Crippen LogP contribution in [0.15, 0.2) is 48.7 Å². The van der Waals surface area contributed by atoms with E-state index in [0.717, 1.165) is 72.1 Å². The Morgan fingerprint density at radius 2 is 1.93 bits per heavy atom. The molecule has 9 heteroatoms. The van der Waals surface area contributed by atoms with Crippen molar-refractivity contribution >= 4 is 33.9 Å². The van der Waals surface area contributed by atoms with E-state index in [9.17, 15) is 5.26 Å². The molecule has 0 radical (unpaired) electrons. The SMILES string of the molecule is CC=CN1CCN(c2nc(OCC3(CN(C)C)CC3)nc3c2CCN(c2cccc4cccc(Cl)c24)C3)CC1CC#N. The van der Waals surface area contributed by atoms with E-state index in [1.54, 1.807) is 0 Å². The van der Waals surface area contributed by atoms with Crippen molar-refractivity contribution in [3.8, 4) is 12.1 Å². The number of allylic oxidation sites excluding steroid dienone is 1. The van der Waals surface area contributed by atoms with E-state index >= 15 is 0 Å². The summed E-state index contributed by atoms with van der Waals surface area (Å²) in [5.41, 5.74) is 3.51. The fourth-order valence-electron chi connectivity index (χ4n) is 6.61. The summed E-state index contributed by atoms with van der Waals surface area (Å²) in [6.45, 7) is 7.59. The summed E-state index contributed by atoms with van der Waals surface area (Å²) in [5.74, 6) is 0.964. The molecular weight excluding hydrogens is 546 g/mol. The number of nitrogens with zero attached hydrogens (tertiary/aromatic N) is 7. The summed E-state index contributed by atoms with van der Waals surface area (Å²) in [6.07, 6.45) is 7.79. The zero-order chi connectivity index (χ0) is 29.3. The minimum Gasteiger partial charge on any atom is -0.463 e. The molecule has 2 aliphatic heterocycles. The number of piperazine rings is 1. The lowest BCUT2D eigenvalue weighted by molar-refractivity contribution is 0.182. The van der Waals surface area contributed by atoms with Crippen molar-refractivity contribution in [2.75, 3.05) is 63.2 Å². The second kappa shape index (κ2) is 12.0. The summed E-state index contributed by atoms with van der Waals surface area (Å²) < 4.78 is 6.41. The normalized spacial score (nSPS) is 19.8. The van der Waals surface area contributed by atoms with Crippen molar-refractivity contribution in [1.29, 1.82) is 5.26 Å². The number of nitriles is 1. The quantitative estimate of drug-likeness (QED) is 0.326. The van der Waals surface area contributed by atoms with E-state index in [4.69, 9.17) is 26.3 Å². The fourth-order valence-corrected chi connectivity index (χ4v) is 6.89. The van der Waals surface area contributed by atoms with Crippen molar-refractivity contribution < 1.29 is 4.74 Å². The highest BCUT2D eigenvalue weighted by molar-refractivity contribution is 6.36. The maximum absolute atomic E-state index is 9.56. The number of fused-ring (bicyclic) bond motifs is 2. The number of halogens is 1. The van der Waals surface area contributed by atoms with Gasteiger partial charge in [-0.15, -0.1) is 0 Å². The van der Waals surface area contributed by atoms with Crippen LogP contribution in [0.2, 0.25) is 5.02 Å². The van der Waals surface area contributed by atoms with Gasteiger partial charge in [0.05, 0.1) is 42.4 Å². The molecule has 0 N–H and O–H groups in total. The van der Waals surface area contributed by atoms with Crippen LogP contribution in [-0.4, -0.2) is 79.2 Å². The van der Waals surface area contributed by atoms with Crippen LogP contribution >= 0.6 is 11.6 Å². The predicted octanol–water partition coefficient (Wildman–Crippen LogP) is 5.50. The molecule has 1 aromatic heterocycles. The van der Waals surface area contributed by atoms with Gasteiger partial charge >= 0.3 is 6.01 Å². The average Bonchev–Trinajstić information content (AvgIpc) is 3.75. The van der Waals surface area contributed by atoms with Gasteiger partial charge in [-0.1, -0.05) is 41.9 Å². The van der Waals surface area contributed by atoms with Gasteiger partial charge < -0.3 is 24.3 Å². The van der Waals surface area contributed by atoms with E-state index in [1.165, 1.54) is 18.4 Å².